The second-order valence-electron chi connectivity index (χ2n) is 4.19. The van der Waals surface area contributed by atoms with Gasteiger partial charge in [0.25, 0.3) is 5.91 Å². The van der Waals surface area contributed by atoms with Crippen LogP contribution in [-0.2, 0) is 0 Å². The average Bonchev–Trinajstić information content (AvgIpc) is 2.70. The molecule has 2 aliphatic rings. The van der Waals surface area contributed by atoms with Crippen LogP contribution in [-0.4, -0.2) is 41.1 Å². The van der Waals surface area contributed by atoms with Crippen molar-refractivity contribution in [2.45, 2.75) is 25.4 Å². The molecule has 0 aromatic carbocycles. The van der Waals surface area contributed by atoms with Gasteiger partial charge in [0.1, 0.15) is 5.76 Å². The predicted molar refractivity (Wildman–Crippen MR) is 52.5 cm³/mol. The van der Waals surface area contributed by atoms with Gasteiger partial charge in [-0.1, -0.05) is 5.16 Å². The monoisotopic (exact) mass is 207 g/mol. The Bertz CT molecular complexity index is 401. The van der Waals surface area contributed by atoms with Gasteiger partial charge in [0.15, 0.2) is 5.69 Å². The summed E-state index contributed by atoms with van der Waals surface area (Å²) in [5.74, 6) is 0.682. The molecule has 15 heavy (non-hydrogen) atoms. The Labute approximate surface area is 87.4 Å². The maximum absolute atomic E-state index is 12.0. The largest absolute Gasteiger partial charge is 0.361 e. The summed E-state index contributed by atoms with van der Waals surface area (Å²) < 4.78 is 4.91. The number of aryl methyl sites for hydroxylation is 1. The van der Waals surface area contributed by atoms with Crippen LogP contribution in [0, 0.1) is 6.92 Å². The Hall–Kier alpha value is -1.36. The molecule has 0 aliphatic carbocycles. The van der Waals surface area contributed by atoms with Crippen molar-refractivity contribution in [3.63, 3.8) is 0 Å². The predicted octanol–water partition coefficient (Wildman–Crippen LogP) is 0.169. The lowest BCUT2D eigenvalue weighted by atomic mass is 10.0. The zero-order valence-electron chi connectivity index (χ0n) is 8.56. The number of nitrogens with one attached hydrogen (secondary N) is 1. The van der Waals surface area contributed by atoms with Crippen molar-refractivity contribution in [3.05, 3.63) is 17.5 Å². The van der Waals surface area contributed by atoms with Crippen molar-refractivity contribution >= 4 is 5.91 Å². The molecule has 80 valence electrons. The Morgan fingerprint density at radius 3 is 3.13 bits per heavy atom. The fourth-order valence-electron chi connectivity index (χ4n) is 2.32. The Morgan fingerprint density at radius 1 is 1.73 bits per heavy atom. The minimum atomic E-state index is 0.000787. The summed E-state index contributed by atoms with van der Waals surface area (Å²) >= 11 is 0. The number of aromatic nitrogens is 1. The van der Waals surface area contributed by atoms with Gasteiger partial charge in [0.2, 0.25) is 0 Å². The molecule has 0 saturated carbocycles. The maximum Gasteiger partial charge on any atom is 0.276 e. The Morgan fingerprint density at radius 2 is 2.60 bits per heavy atom. The highest BCUT2D eigenvalue weighted by Crippen LogP contribution is 2.25. The summed E-state index contributed by atoms with van der Waals surface area (Å²) in [7, 11) is 0. The number of hydrogen-bond donors (Lipinski definition) is 1. The van der Waals surface area contributed by atoms with Gasteiger partial charge in [-0.3, -0.25) is 4.79 Å². The topological polar surface area (TPSA) is 58.4 Å². The number of amides is 1. The molecule has 2 fully saturated rings. The second-order valence-corrected chi connectivity index (χ2v) is 4.19. The van der Waals surface area contributed by atoms with Gasteiger partial charge in [-0.2, -0.15) is 0 Å². The van der Waals surface area contributed by atoms with Crippen molar-refractivity contribution in [3.8, 4) is 0 Å². The summed E-state index contributed by atoms with van der Waals surface area (Å²) in [6, 6.07) is 2.57. The number of carbonyl (C=O) groups excluding carboxylic acids is 1. The van der Waals surface area contributed by atoms with Crippen LogP contribution in [0.5, 0.6) is 0 Å². The lowest BCUT2D eigenvalue weighted by molar-refractivity contribution is 0.0668. The molecule has 1 aromatic heterocycles. The average molecular weight is 207 g/mol. The van der Waals surface area contributed by atoms with E-state index in [4.69, 9.17) is 4.52 Å². The lowest BCUT2D eigenvalue weighted by Crippen LogP contribution is -2.60. The highest BCUT2D eigenvalue weighted by molar-refractivity contribution is 5.92. The third-order valence-electron chi connectivity index (χ3n) is 3.24. The van der Waals surface area contributed by atoms with Gasteiger partial charge in [-0.25, -0.2) is 0 Å². The second kappa shape index (κ2) is 3.06. The number of hydrogen-bond acceptors (Lipinski definition) is 4. The highest BCUT2D eigenvalue weighted by atomic mass is 16.5. The van der Waals surface area contributed by atoms with Crippen LogP contribution in [0.3, 0.4) is 0 Å². The molecule has 2 unspecified atom stereocenters. The molecule has 0 bridgehead atoms. The summed E-state index contributed by atoms with van der Waals surface area (Å²) in [4.78, 5) is 13.9. The molecule has 2 atom stereocenters. The first-order valence-electron chi connectivity index (χ1n) is 5.23. The quantitative estimate of drug-likeness (QED) is 0.713. The summed E-state index contributed by atoms with van der Waals surface area (Å²) in [6.45, 7) is 3.53. The van der Waals surface area contributed by atoms with E-state index in [-0.39, 0.29) is 5.91 Å². The number of carbonyl (C=O) groups is 1. The lowest BCUT2D eigenvalue weighted by Gasteiger charge is -2.36. The molecule has 3 rings (SSSR count). The first-order valence-corrected chi connectivity index (χ1v) is 5.23. The molecule has 5 nitrogen and oxygen atoms in total. The summed E-state index contributed by atoms with van der Waals surface area (Å²) in [6.07, 6.45) is 1.05. The molecular formula is C10H13N3O2. The fourth-order valence-corrected chi connectivity index (χ4v) is 2.32. The van der Waals surface area contributed by atoms with Crippen LogP contribution >= 0.6 is 0 Å². The summed E-state index contributed by atoms with van der Waals surface area (Å²) in [5, 5.41) is 7.07. The molecule has 1 N–H and O–H groups in total. The van der Waals surface area contributed by atoms with Gasteiger partial charge in [0.05, 0.1) is 6.04 Å². The van der Waals surface area contributed by atoms with Crippen molar-refractivity contribution in [1.29, 1.82) is 0 Å². The zero-order chi connectivity index (χ0) is 10.4. The van der Waals surface area contributed by atoms with Crippen LogP contribution < -0.4 is 5.32 Å². The van der Waals surface area contributed by atoms with E-state index in [0.29, 0.717) is 23.5 Å². The van der Waals surface area contributed by atoms with Crippen LogP contribution in [0.1, 0.15) is 22.7 Å². The Balaban J connectivity index is 1.80. The van der Waals surface area contributed by atoms with E-state index >= 15 is 0 Å². The van der Waals surface area contributed by atoms with Gasteiger partial charge >= 0.3 is 0 Å². The van der Waals surface area contributed by atoms with Gasteiger partial charge < -0.3 is 14.7 Å². The zero-order valence-corrected chi connectivity index (χ0v) is 8.56. The van der Waals surface area contributed by atoms with E-state index in [1.54, 1.807) is 13.0 Å². The molecule has 2 saturated heterocycles. The number of likely N-dealkylation sites (tertiary alicyclic amines) is 1. The molecule has 3 heterocycles. The van der Waals surface area contributed by atoms with Crippen LogP contribution in [0.25, 0.3) is 0 Å². The van der Waals surface area contributed by atoms with Crippen molar-refractivity contribution in [2.24, 2.45) is 0 Å². The molecule has 2 aliphatic heterocycles. The van der Waals surface area contributed by atoms with Gasteiger partial charge in [-0.15, -0.1) is 0 Å². The third-order valence-corrected chi connectivity index (χ3v) is 3.24. The van der Waals surface area contributed by atoms with Gasteiger partial charge in [0, 0.05) is 25.2 Å². The van der Waals surface area contributed by atoms with E-state index in [1.165, 1.54) is 0 Å². The molecular weight excluding hydrogens is 194 g/mol. The van der Waals surface area contributed by atoms with Crippen LogP contribution in [0.4, 0.5) is 0 Å². The third kappa shape index (κ3) is 1.26. The molecule has 0 radical (unpaired) electrons. The summed E-state index contributed by atoms with van der Waals surface area (Å²) in [5.41, 5.74) is 0.431. The van der Waals surface area contributed by atoms with E-state index in [2.05, 4.69) is 10.5 Å². The van der Waals surface area contributed by atoms with Crippen molar-refractivity contribution in [1.82, 2.24) is 15.4 Å². The van der Waals surface area contributed by atoms with E-state index in [1.807, 2.05) is 4.90 Å². The SMILES string of the molecule is Cc1cc(C(=O)N2CCC3NCC32)no1. The van der Waals surface area contributed by atoms with E-state index < -0.39 is 0 Å². The highest BCUT2D eigenvalue weighted by Gasteiger charge is 2.43. The molecule has 1 amide bonds. The molecule has 0 spiro atoms. The molecule has 1 aromatic rings. The van der Waals surface area contributed by atoms with Crippen molar-refractivity contribution < 1.29 is 9.32 Å². The maximum atomic E-state index is 12.0. The standard InChI is InChI=1S/C10H13N3O2/c1-6-4-8(12-15-6)10(14)13-3-2-7-9(13)5-11-7/h4,7,9,11H,2-3,5H2,1H3. The van der Waals surface area contributed by atoms with Crippen LogP contribution in [0.15, 0.2) is 10.6 Å². The number of rotatable bonds is 1. The fraction of sp³-hybridized carbons (Fsp3) is 0.600. The normalized spacial score (nSPS) is 28.7. The van der Waals surface area contributed by atoms with Crippen LogP contribution in [0.2, 0.25) is 0 Å². The number of nitrogens with zero attached hydrogens (tertiary/aromatic N) is 2. The van der Waals surface area contributed by atoms with Gasteiger partial charge in [-0.05, 0) is 13.3 Å². The first-order chi connectivity index (χ1) is 7.25. The van der Waals surface area contributed by atoms with Crippen molar-refractivity contribution in [2.75, 3.05) is 13.1 Å². The first kappa shape index (κ1) is 8.91. The minimum Gasteiger partial charge on any atom is -0.361 e. The Kier molecular flexibility index (Phi) is 1.82. The van der Waals surface area contributed by atoms with E-state index in [0.717, 1.165) is 19.5 Å². The number of fused-ring (bicyclic) bond motifs is 1. The minimum absolute atomic E-state index is 0.000787. The molecule has 5 heteroatoms. The smallest absolute Gasteiger partial charge is 0.276 e. The van der Waals surface area contributed by atoms with E-state index in [9.17, 15) is 4.79 Å².